The Kier molecular flexibility index (Phi) is 4.28. The van der Waals surface area contributed by atoms with E-state index in [9.17, 15) is 4.79 Å². The van der Waals surface area contributed by atoms with E-state index in [0.29, 0.717) is 18.2 Å². The Balaban J connectivity index is 1.87. The van der Waals surface area contributed by atoms with E-state index in [2.05, 4.69) is 43.6 Å². The maximum absolute atomic E-state index is 12.7. The molecule has 1 aromatic rings. The third-order valence-corrected chi connectivity index (χ3v) is 4.94. The number of hydrogen-bond donors (Lipinski definition) is 1. The molecule has 1 atom stereocenters. The second-order valence-corrected chi connectivity index (χ2v) is 8.05. The van der Waals surface area contributed by atoms with Crippen LogP contribution in [0.4, 0.5) is 0 Å². The van der Waals surface area contributed by atoms with Gasteiger partial charge in [-0.3, -0.25) is 9.78 Å². The minimum atomic E-state index is 0.0872. The standard InChI is InChI=1S/C19H27N3O/c1-14(2)22-13-21(11-15-6-5-7-20-10-15)12-16-17(22)8-19(3,4)9-18(16)23/h5-7,10,14H,8-9,11-13H2,1-4H3/p+1. The number of Topliss-reactive ketones (excluding diaryl/α,β-unsaturated/α-hetero) is 1. The Labute approximate surface area is 139 Å². The molecule has 4 heteroatoms. The summed E-state index contributed by atoms with van der Waals surface area (Å²) < 4.78 is 0. The van der Waals surface area contributed by atoms with Crippen LogP contribution in [-0.4, -0.2) is 34.9 Å². The highest BCUT2D eigenvalue weighted by molar-refractivity contribution is 5.97. The van der Waals surface area contributed by atoms with Crippen molar-refractivity contribution in [1.29, 1.82) is 0 Å². The molecule has 4 nitrogen and oxygen atoms in total. The number of quaternary nitrogens is 1. The van der Waals surface area contributed by atoms with E-state index in [1.807, 2.05) is 18.5 Å². The van der Waals surface area contributed by atoms with Gasteiger partial charge in [0.25, 0.3) is 0 Å². The van der Waals surface area contributed by atoms with E-state index in [0.717, 1.165) is 31.8 Å². The number of hydrogen-bond acceptors (Lipinski definition) is 3. The maximum atomic E-state index is 12.7. The number of carbonyl (C=O) groups is 1. The molecule has 23 heavy (non-hydrogen) atoms. The van der Waals surface area contributed by atoms with Gasteiger partial charge in [-0.1, -0.05) is 19.9 Å². The molecular formula is C19H28N3O+. The fourth-order valence-electron chi connectivity index (χ4n) is 3.85. The zero-order valence-corrected chi connectivity index (χ0v) is 14.7. The number of rotatable bonds is 3. The van der Waals surface area contributed by atoms with Gasteiger partial charge < -0.3 is 9.80 Å². The molecule has 1 aliphatic heterocycles. The van der Waals surface area contributed by atoms with Crippen molar-refractivity contribution in [3.63, 3.8) is 0 Å². The Morgan fingerprint density at radius 2 is 2.13 bits per heavy atom. The average Bonchev–Trinajstić information content (AvgIpc) is 2.47. The number of aromatic nitrogens is 1. The molecule has 1 N–H and O–H groups in total. The molecule has 0 saturated heterocycles. The van der Waals surface area contributed by atoms with Crippen LogP contribution in [-0.2, 0) is 11.3 Å². The average molecular weight is 314 g/mol. The Morgan fingerprint density at radius 3 is 2.78 bits per heavy atom. The van der Waals surface area contributed by atoms with Gasteiger partial charge in [-0.2, -0.15) is 0 Å². The number of nitrogens with zero attached hydrogens (tertiary/aromatic N) is 2. The lowest BCUT2D eigenvalue weighted by Gasteiger charge is -2.44. The normalized spacial score (nSPS) is 24.1. The first-order chi connectivity index (χ1) is 10.9. The van der Waals surface area contributed by atoms with Crippen molar-refractivity contribution in [2.45, 2.75) is 53.1 Å². The van der Waals surface area contributed by atoms with Crippen LogP contribution in [0.2, 0.25) is 0 Å². The minimum absolute atomic E-state index is 0.0872. The maximum Gasteiger partial charge on any atom is 0.166 e. The van der Waals surface area contributed by atoms with Crippen LogP contribution in [0, 0.1) is 5.41 Å². The third kappa shape index (κ3) is 3.47. The highest BCUT2D eigenvalue weighted by Crippen LogP contribution is 2.39. The largest absolute Gasteiger partial charge is 0.326 e. The predicted molar refractivity (Wildman–Crippen MR) is 90.7 cm³/mol. The molecule has 0 fully saturated rings. The molecule has 0 bridgehead atoms. The molecular weight excluding hydrogens is 286 g/mol. The smallest absolute Gasteiger partial charge is 0.166 e. The van der Waals surface area contributed by atoms with Crippen molar-refractivity contribution in [3.8, 4) is 0 Å². The van der Waals surface area contributed by atoms with Gasteiger partial charge in [0.2, 0.25) is 0 Å². The number of ketones is 1. The second kappa shape index (κ2) is 6.08. The monoisotopic (exact) mass is 314 g/mol. The summed E-state index contributed by atoms with van der Waals surface area (Å²) in [6, 6.07) is 4.53. The van der Waals surface area contributed by atoms with E-state index in [1.165, 1.54) is 16.2 Å². The summed E-state index contributed by atoms with van der Waals surface area (Å²) >= 11 is 0. The highest BCUT2D eigenvalue weighted by atomic mass is 16.1. The van der Waals surface area contributed by atoms with Crippen LogP contribution >= 0.6 is 0 Å². The van der Waals surface area contributed by atoms with Crippen molar-refractivity contribution in [2.24, 2.45) is 5.41 Å². The molecule has 3 rings (SSSR count). The van der Waals surface area contributed by atoms with Gasteiger partial charge in [0.1, 0.15) is 13.1 Å². The molecule has 0 aromatic carbocycles. The Hall–Kier alpha value is -1.68. The van der Waals surface area contributed by atoms with Gasteiger partial charge in [0.05, 0.1) is 5.57 Å². The Bertz CT molecular complexity index is 619. The molecule has 1 aliphatic carbocycles. The predicted octanol–water partition coefficient (Wildman–Crippen LogP) is 1.79. The molecule has 1 aromatic heterocycles. The van der Waals surface area contributed by atoms with E-state index in [1.54, 1.807) is 0 Å². The van der Waals surface area contributed by atoms with Crippen molar-refractivity contribution < 1.29 is 9.69 Å². The van der Waals surface area contributed by atoms with E-state index < -0.39 is 0 Å². The summed E-state index contributed by atoms with van der Waals surface area (Å²) in [6.45, 7) is 11.6. The van der Waals surface area contributed by atoms with Crippen molar-refractivity contribution >= 4 is 5.78 Å². The van der Waals surface area contributed by atoms with Crippen molar-refractivity contribution in [3.05, 3.63) is 41.4 Å². The SMILES string of the molecule is CC(C)N1C[NH+](Cc2cccnc2)CC2=C1CC(C)(C)CC2=O. The summed E-state index contributed by atoms with van der Waals surface area (Å²) in [5.41, 5.74) is 3.70. The number of pyridine rings is 1. The van der Waals surface area contributed by atoms with E-state index >= 15 is 0 Å². The molecule has 2 aliphatic rings. The summed E-state index contributed by atoms with van der Waals surface area (Å²) in [4.78, 5) is 20.8. The summed E-state index contributed by atoms with van der Waals surface area (Å²) in [6.07, 6.45) is 5.44. The molecule has 0 amide bonds. The van der Waals surface area contributed by atoms with Crippen LogP contribution in [0.5, 0.6) is 0 Å². The summed E-state index contributed by atoms with van der Waals surface area (Å²) in [5.74, 6) is 0.352. The van der Waals surface area contributed by atoms with Crippen LogP contribution in [0.25, 0.3) is 0 Å². The van der Waals surface area contributed by atoms with Gasteiger partial charge in [0.15, 0.2) is 12.5 Å². The minimum Gasteiger partial charge on any atom is -0.326 e. The fraction of sp³-hybridized carbons (Fsp3) is 0.579. The first-order valence-corrected chi connectivity index (χ1v) is 8.60. The van der Waals surface area contributed by atoms with E-state index in [4.69, 9.17) is 0 Å². The number of carbonyl (C=O) groups excluding carboxylic acids is 1. The van der Waals surface area contributed by atoms with Crippen LogP contribution in [0.15, 0.2) is 35.8 Å². The fourth-order valence-corrected chi connectivity index (χ4v) is 3.85. The van der Waals surface area contributed by atoms with E-state index in [-0.39, 0.29) is 5.41 Å². The van der Waals surface area contributed by atoms with Gasteiger partial charge in [-0.05, 0) is 31.7 Å². The lowest BCUT2D eigenvalue weighted by molar-refractivity contribution is -0.921. The summed E-state index contributed by atoms with van der Waals surface area (Å²) in [7, 11) is 0. The summed E-state index contributed by atoms with van der Waals surface area (Å²) in [5, 5.41) is 0. The molecule has 0 spiro atoms. The van der Waals surface area contributed by atoms with Crippen LogP contribution in [0.3, 0.4) is 0 Å². The number of allylic oxidation sites excluding steroid dienone is 1. The third-order valence-electron chi connectivity index (χ3n) is 4.94. The van der Waals surface area contributed by atoms with Crippen molar-refractivity contribution in [1.82, 2.24) is 9.88 Å². The quantitative estimate of drug-likeness (QED) is 0.924. The first-order valence-electron chi connectivity index (χ1n) is 8.60. The highest BCUT2D eigenvalue weighted by Gasteiger charge is 2.40. The van der Waals surface area contributed by atoms with Crippen molar-refractivity contribution in [2.75, 3.05) is 13.2 Å². The molecule has 0 radical (unpaired) electrons. The topological polar surface area (TPSA) is 37.6 Å². The lowest BCUT2D eigenvalue weighted by Crippen LogP contribution is -3.13. The molecule has 2 heterocycles. The lowest BCUT2D eigenvalue weighted by atomic mass is 9.74. The molecule has 1 unspecified atom stereocenters. The Morgan fingerprint density at radius 1 is 1.35 bits per heavy atom. The molecule has 124 valence electrons. The van der Waals surface area contributed by atoms with Gasteiger partial charge in [-0.25, -0.2) is 0 Å². The molecule has 0 saturated carbocycles. The van der Waals surface area contributed by atoms with Crippen LogP contribution in [0.1, 0.15) is 46.1 Å². The van der Waals surface area contributed by atoms with Gasteiger partial charge in [-0.15, -0.1) is 0 Å². The van der Waals surface area contributed by atoms with Gasteiger partial charge >= 0.3 is 0 Å². The first kappa shape index (κ1) is 16.2. The zero-order valence-electron chi connectivity index (χ0n) is 14.7. The van der Waals surface area contributed by atoms with Gasteiger partial charge in [0, 0.05) is 36.1 Å². The second-order valence-electron chi connectivity index (χ2n) is 8.05. The van der Waals surface area contributed by atoms with Crippen LogP contribution < -0.4 is 4.90 Å². The zero-order chi connectivity index (χ0) is 16.6. The number of nitrogens with one attached hydrogen (secondary N) is 1.